The van der Waals surface area contributed by atoms with Crippen LogP contribution in [0.25, 0.3) is 0 Å². The van der Waals surface area contributed by atoms with Gasteiger partial charge in [-0.2, -0.15) is 0 Å². The predicted molar refractivity (Wildman–Crippen MR) is 109 cm³/mol. The maximum atomic E-state index is 4.34. The van der Waals surface area contributed by atoms with Crippen LogP contribution in [0, 0.1) is 36.9 Å². The summed E-state index contributed by atoms with van der Waals surface area (Å²) in [5.41, 5.74) is 11.3. The van der Waals surface area contributed by atoms with Gasteiger partial charge in [-0.3, -0.25) is 0 Å². The molecule has 0 amide bonds. The van der Waals surface area contributed by atoms with E-state index in [1.54, 1.807) is 33.4 Å². The van der Waals surface area contributed by atoms with Crippen LogP contribution >= 0.6 is 0 Å². The molecule has 2 aliphatic carbocycles. The van der Waals surface area contributed by atoms with Gasteiger partial charge in [0.05, 0.1) is 0 Å². The molecular formula is C24H37Cl3U. The van der Waals surface area contributed by atoms with Crippen LogP contribution in [0.1, 0.15) is 76.2 Å². The van der Waals surface area contributed by atoms with E-state index in [9.17, 15) is 0 Å². The second-order valence-electron chi connectivity index (χ2n) is 9.36. The molecule has 0 N–H and O–H groups in total. The van der Waals surface area contributed by atoms with Gasteiger partial charge in [-0.15, -0.1) is 0 Å². The molecule has 0 radical (unpaired) electrons. The minimum Gasteiger partial charge on any atom is -1.00 e. The molecule has 0 saturated carbocycles. The van der Waals surface area contributed by atoms with E-state index in [0.29, 0.717) is 0 Å². The van der Waals surface area contributed by atoms with E-state index in [-0.39, 0.29) is 48.1 Å². The summed E-state index contributed by atoms with van der Waals surface area (Å²) in [7, 11) is 0. The Morgan fingerprint density at radius 1 is 0.679 bits per heavy atom. The molecule has 0 unspecified atom stereocenters. The van der Waals surface area contributed by atoms with Gasteiger partial charge in [0, 0.05) is 0 Å². The standard InChI is InChI=1S/2C10H15.C4H7.3ClH.U/c2*1-7-6-10(4,5)9(3)8(7)2;1-4(2)3;;;;/h2*1-5H3;1-2H2,3H3;3*1H;/q;;;;;;+3/p-3. The Balaban J connectivity index is 0. The SMILES string of the molecule is C=C(C)[CH2][U+3]([C]1=C(C)C(C)=C(C)C1(C)C)[C]1=C(C)C(C)=C(C)C1(C)C.[Cl-].[Cl-].[Cl-]. The Labute approximate surface area is 203 Å². The van der Waals surface area contributed by atoms with Gasteiger partial charge in [-0.1, -0.05) is 0 Å². The molecule has 4 heteroatoms. The van der Waals surface area contributed by atoms with Crippen molar-refractivity contribution >= 4 is 0 Å². The topological polar surface area (TPSA) is 0 Å². The summed E-state index contributed by atoms with van der Waals surface area (Å²) in [6.45, 7) is 30.6. The number of hydrogen-bond acceptors (Lipinski definition) is 0. The first-order valence-corrected chi connectivity index (χ1v) is 16.7. The van der Waals surface area contributed by atoms with E-state index in [0.717, 1.165) is 0 Å². The Morgan fingerprint density at radius 3 is 1.14 bits per heavy atom. The third kappa shape index (κ3) is 4.76. The molecule has 0 fully saturated rings. The van der Waals surface area contributed by atoms with E-state index >= 15 is 0 Å². The second-order valence-corrected chi connectivity index (χ2v) is 19.0. The first-order chi connectivity index (χ1) is 11.3. The van der Waals surface area contributed by atoms with Crippen molar-refractivity contribution in [3.63, 3.8) is 0 Å². The molecule has 0 saturated heterocycles. The van der Waals surface area contributed by atoms with Crippen LogP contribution in [0.2, 0.25) is 3.45 Å². The van der Waals surface area contributed by atoms with Crippen molar-refractivity contribution in [2.45, 2.75) is 79.6 Å². The maximum absolute atomic E-state index is 4.34. The predicted octanol–water partition coefficient (Wildman–Crippen LogP) is -1.09. The average Bonchev–Trinajstić information content (AvgIpc) is 2.73. The molecule has 0 atom stereocenters. The van der Waals surface area contributed by atoms with Crippen LogP contribution in [-0.4, -0.2) is 0 Å². The monoisotopic (exact) mass is 668 g/mol. The number of hydrogen-bond donors (Lipinski definition) is 0. The minimum absolute atomic E-state index is 0. The smallest absolute Gasteiger partial charge is 1.00 e. The first-order valence-electron chi connectivity index (χ1n) is 9.56. The summed E-state index contributed by atoms with van der Waals surface area (Å²) in [6.07, 6.45) is 0. The van der Waals surface area contributed by atoms with Crippen molar-refractivity contribution in [2.24, 2.45) is 10.8 Å². The maximum Gasteiger partial charge on any atom is -1.00 e. The van der Waals surface area contributed by atoms with Gasteiger partial charge in [-0.05, 0) is 0 Å². The first kappa shape index (κ1) is 30.8. The van der Waals surface area contributed by atoms with Crippen molar-refractivity contribution in [1.82, 2.24) is 0 Å². The summed E-state index contributed by atoms with van der Waals surface area (Å²) in [4.78, 5) is 0. The van der Waals surface area contributed by atoms with E-state index in [1.165, 1.54) is 9.03 Å². The van der Waals surface area contributed by atoms with Crippen molar-refractivity contribution in [3.8, 4) is 0 Å². The zero-order valence-electron chi connectivity index (χ0n) is 19.5. The van der Waals surface area contributed by atoms with Gasteiger partial charge >= 0.3 is 167 Å². The summed E-state index contributed by atoms with van der Waals surface area (Å²) in [5, 5.41) is 0. The Kier molecular flexibility index (Phi) is 11.3. The Morgan fingerprint density at radius 2 is 0.964 bits per heavy atom. The molecule has 158 valence electrons. The van der Waals surface area contributed by atoms with Crippen molar-refractivity contribution in [2.75, 3.05) is 0 Å². The van der Waals surface area contributed by atoms with Crippen molar-refractivity contribution in [1.29, 1.82) is 0 Å². The normalized spacial score (nSPS) is 20.1. The van der Waals surface area contributed by atoms with Gasteiger partial charge < -0.3 is 37.2 Å². The van der Waals surface area contributed by atoms with Crippen molar-refractivity contribution in [3.05, 3.63) is 50.8 Å². The quantitative estimate of drug-likeness (QED) is 0.335. The number of halogens is 3. The Bertz CT molecular complexity index is 716. The van der Waals surface area contributed by atoms with Crippen molar-refractivity contribution < 1.29 is 63.3 Å². The van der Waals surface area contributed by atoms with E-state index in [4.69, 9.17) is 0 Å². The number of allylic oxidation sites excluding steroid dienone is 9. The van der Waals surface area contributed by atoms with Gasteiger partial charge in [0.2, 0.25) is 0 Å². The van der Waals surface area contributed by atoms with Crippen LogP contribution in [0.15, 0.2) is 50.8 Å². The van der Waals surface area contributed by atoms with Crippen LogP contribution in [0.4, 0.5) is 0 Å². The molecule has 0 nitrogen and oxygen atoms in total. The van der Waals surface area contributed by atoms with E-state index in [1.807, 2.05) is 5.21 Å². The summed E-state index contributed by atoms with van der Waals surface area (Å²) >= 11 is -2.42. The summed E-state index contributed by atoms with van der Waals surface area (Å²) in [6, 6.07) is 0. The van der Waals surface area contributed by atoms with Crippen LogP contribution in [0.5, 0.6) is 0 Å². The fourth-order valence-corrected chi connectivity index (χ4v) is 23.2. The molecule has 0 aromatic heterocycles. The fourth-order valence-electron chi connectivity index (χ4n) is 5.00. The average molecular weight is 670 g/mol. The van der Waals surface area contributed by atoms with Gasteiger partial charge in [0.25, 0.3) is 0 Å². The number of rotatable bonds is 4. The largest absolute Gasteiger partial charge is 1.00 e. The van der Waals surface area contributed by atoms with Gasteiger partial charge in [0.1, 0.15) is 0 Å². The van der Waals surface area contributed by atoms with E-state index < -0.39 is 26.0 Å². The van der Waals surface area contributed by atoms with E-state index in [2.05, 4.69) is 82.7 Å². The summed E-state index contributed by atoms with van der Waals surface area (Å²) < 4.78 is 4.96. The summed E-state index contributed by atoms with van der Waals surface area (Å²) in [5.74, 6) is 0. The molecule has 28 heavy (non-hydrogen) atoms. The third-order valence-corrected chi connectivity index (χ3v) is 24.5. The molecule has 0 spiro atoms. The second kappa shape index (κ2) is 10.3. The zero-order chi connectivity index (χ0) is 19.5. The minimum atomic E-state index is -2.42. The molecule has 0 aromatic carbocycles. The van der Waals surface area contributed by atoms with Crippen LogP contribution < -0.4 is 37.2 Å². The van der Waals surface area contributed by atoms with Gasteiger partial charge in [0.15, 0.2) is 0 Å². The fraction of sp³-hybridized carbons (Fsp3) is 0.583. The molecule has 0 aliphatic heterocycles. The molecule has 0 bridgehead atoms. The van der Waals surface area contributed by atoms with Gasteiger partial charge in [-0.25, -0.2) is 0 Å². The third-order valence-electron chi connectivity index (χ3n) is 7.21. The van der Waals surface area contributed by atoms with Crippen LogP contribution in [-0.2, 0) is 0 Å². The molecule has 2 aliphatic rings. The molecule has 2 rings (SSSR count). The Hall–Kier alpha value is 0.622. The zero-order valence-corrected chi connectivity index (χ0v) is 26.0. The van der Waals surface area contributed by atoms with Crippen LogP contribution in [0.3, 0.4) is 0 Å². The molecule has 0 aromatic rings. The molecular weight excluding hydrogens is 633 g/mol. The molecule has 0 heterocycles.